The molecule has 1 aromatic heterocycles. The van der Waals surface area contributed by atoms with E-state index in [4.69, 9.17) is 9.47 Å². The monoisotopic (exact) mass is 228 g/mol. The van der Waals surface area contributed by atoms with Gasteiger partial charge in [0.25, 0.3) is 5.56 Å². The average molecular weight is 228 g/mol. The summed E-state index contributed by atoms with van der Waals surface area (Å²) < 4.78 is 10.0. The van der Waals surface area contributed by atoms with Crippen molar-refractivity contribution in [1.29, 1.82) is 0 Å². The van der Waals surface area contributed by atoms with E-state index < -0.39 is 0 Å². The van der Waals surface area contributed by atoms with Crippen LogP contribution < -0.4 is 5.56 Å². The molecule has 1 aromatic rings. The Balaban J connectivity index is 2.46. The Morgan fingerprint density at radius 3 is 2.75 bits per heavy atom. The van der Waals surface area contributed by atoms with E-state index in [1.165, 1.54) is 6.92 Å². The molecule has 6 nitrogen and oxygen atoms in total. The van der Waals surface area contributed by atoms with E-state index in [1.807, 2.05) is 0 Å². The summed E-state index contributed by atoms with van der Waals surface area (Å²) >= 11 is 0. The van der Waals surface area contributed by atoms with Crippen LogP contribution in [-0.2, 0) is 15.9 Å². The van der Waals surface area contributed by atoms with Gasteiger partial charge >= 0.3 is 0 Å². The summed E-state index contributed by atoms with van der Waals surface area (Å²) in [7, 11) is 1.60. The molecule has 90 valence electrons. The lowest BCUT2D eigenvalue weighted by Crippen LogP contribution is -2.16. The fraction of sp³-hybridized carbons (Fsp3) is 0.600. The number of ether oxygens (including phenoxy) is 2. The number of hydrogen-bond acceptors (Lipinski definition) is 5. The lowest BCUT2D eigenvalue weighted by atomic mass is 10.3. The summed E-state index contributed by atoms with van der Waals surface area (Å²) in [5, 5.41) is 9.33. The Kier molecular flexibility index (Phi) is 4.94. The van der Waals surface area contributed by atoms with E-state index in [0.717, 1.165) is 0 Å². The molecule has 0 saturated heterocycles. The first-order valence-electron chi connectivity index (χ1n) is 5.00. The van der Waals surface area contributed by atoms with Crippen LogP contribution in [0.25, 0.3) is 0 Å². The van der Waals surface area contributed by atoms with Crippen LogP contribution in [0, 0.1) is 6.92 Å². The molecule has 0 fully saturated rings. The molecule has 0 aromatic carbocycles. The molecule has 1 heterocycles. The van der Waals surface area contributed by atoms with Crippen LogP contribution in [0.15, 0.2) is 4.79 Å². The van der Waals surface area contributed by atoms with Gasteiger partial charge in [-0.15, -0.1) is 0 Å². The summed E-state index contributed by atoms with van der Waals surface area (Å²) in [5.41, 5.74) is -0.0940. The third-order valence-electron chi connectivity index (χ3n) is 2.09. The molecule has 0 amide bonds. The van der Waals surface area contributed by atoms with Crippen molar-refractivity contribution in [3.63, 3.8) is 0 Å². The highest BCUT2D eigenvalue weighted by atomic mass is 16.5. The van der Waals surface area contributed by atoms with Crippen molar-refractivity contribution in [3.05, 3.63) is 21.7 Å². The van der Waals surface area contributed by atoms with Crippen molar-refractivity contribution >= 4 is 0 Å². The largest absolute Gasteiger partial charge is 0.493 e. The van der Waals surface area contributed by atoms with Crippen molar-refractivity contribution in [2.75, 3.05) is 26.9 Å². The maximum absolute atomic E-state index is 11.3. The SMILES string of the molecule is COCCOCCc1nc(O)c(C)c(=O)[nH]1. The smallest absolute Gasteiger partial charge is 0.257 e. The van der Waals surface area contributed by atoms with E-state index in [-0.39, 0.29) is 17.0 Å². The van der Waals surface area contributed by atoms with E-state index in [9.17, 15) is 9.90 Å². The second-order valence-corrected chi connectivity index (χ2v) is 3.32. The standard InChI is InChI=1S/C10H16N2O4/c1-7-9(13)11-8(12-10(7)14)3-4-16-6-5-15-2/h3-6H2,1-2H3,(H2,11,12,13,14). The van der Waals surface area contributed by atoms with Gasteiger partial charge in [0.15, 0.2) is 0 Å². The molecular weight excluding hydrogens is 212 g/mol. The molecule has 16 heavy (non-hydrogen) atoms. The fourth-order valence-electron chi connectivity index (χ4n) is 1.10. The van der Waals surface area contributed by atoms with Gasteiger partial charge < -0.3 is 19.6 Å². The maximum Gasteiger partial charge on any atom is 0.257 e. The molecule has 0 spiro atoms. The van der Waals surface area contributed by atoms with Gasteiger partial charge in [-0.1, -0.05) is 0 Å². The Bertz CT molecular complexity index is 389. The van der Waals surface area contributed by atoms with E-state index in [2.05, 4.69) is 9.97 Å². The predicted molar refractivity (Wildman–Crippen MR) is 57.7 cm³/mol. The molecule has 6 heteroatoms. The molecule has 0 aliphatic heterocycles. The summed E-state index contributed by atoms with van der Waals surface area (Å²) in [6, 6.07) is 0. The van der Waals surface area contributed by atoms with Gasteiger partial charge in [0, 0.05) is 13.5 Å². The van der Waals surface area contributed by atoms with E-state index >= 15 is 0 Å². The summed E-state index contributed by atoms with van der Waals surface area (Å²) in [6.07, 6.45) is 0.451. The molecule has 0 atom stereocenters. The van der Waals surface area contributed by atoms with E-state index in [0.29, 0.717) is 32.1 Å². The minimum atomic E-state index is -0.320. The summed E-state index contributed by atoms with van der Waals surface area (Å²) in [4.78, 5) is 17.7. The fourth-order valence-corrected chi connectivity index (χ4v) is 1.10. The van der Waals surface area contributed by atoms with Gasteiger partial charge in [0.05, 0.1) is 25.4 Å². The van der Waals surface area contributed by atoms with Gasteiger partial charge in [-0.05, 0) is 6.92 Å². The number of nitrogens with one attached hydrogen (secondary N) is 1. The third kappa shape index (κ3) is 3.63. The number of hydrogen-bond donors (Lipinski definition) is 2. The maximum atomic E-state index is 11.3. The van der Waals surface area contributed by atoms with Crippen molar-refractivity contribution in [1.82, 2.24) is 9.97 Å². The first-order chi connectivity index (χ1) is 7.65. The van der Waals surface area contributed by atoms with Crippen molar-refractivity contribution in [2.45, 2.75) is 13.3 Å². The lowest BCUT2D eigenvalue weighted by molar-refractivity contribution is 0.0715. The summed E-state index contributed by atoms with van der Waals surface area (Å²) in [6.45, 7) is 2.97. The normalized spacial score (nSPS) is 10.6. The minimum absolute atomic E-state index is 0.226. The van der Waals surface area contributed by atoms with Gasteiger partial charge in [-0.2, -0.15) is 4.98 Å². The van der Waals surface area contributed by atoms with Gasteiger partial charge in [0.2, 0.25) is 5.88 Å². The lowest BCUT2D eigenvalue weighted by Gasteiger charge is -2.04. The number of nitrogens with zero attached hydrogens (tertiary/aromatic N) is 1. The average Bonchev–Trinajstić information content (AvgIpc) is 2.25. The number of methoxy groups -OCH3 is 1. The second kappa shape index (κ2) is 6.24. The van der Waals surface area contributed by atoms with Crippen LogP contribution in [0.3, 0.4) is 0 Å². The van der Waals surface area contributed by atoms with Crippen molar-refractivity contribution in [2.24, 2.45) is 0 Å². The Morgan fingerprint density at radius 2 is 2.12 bits per heavy atom. The van der Waals surface area contributed by atoms with Crippen molar-refractivity contribution < 1.29 is 14.6 Å². The first-order valence-corrected chi connectivity index (χ1v) is 5.00. The first kappa shape index (κ1) is 12.7. The summed E-state index contributed by atoms with van der Waals surface area (Å²) in [5.74, 6) is 0.196. The third-order valence-corrected chi connectivity index (χ3v) is 2.09. The highest BCUT2D eigenvalue weighted by molar-refractivity contribution is 5.20. The van der Waals surface area contributed by atoms with Crippen LogP contribution in [0.4, 0.5) is 0 Å². The highest BCUT2D eigenvalue weighted by Crippen LogP contribution is 2.06. The van der Waals surface area contributed by atoms with Gasteiger partial charge in [0.1, 0.15) is 5.82 Å². The molecule has 1 rings (SSSR count). The van der Waals surface area contributed by atoms with E-state index in [1.54, 1.807) is 7.11 Å². The van der Waals surface area contributed by atoms with Gasteiger partial charge in [-0.3, -0.25) is 4.79 Å². The second-order valence-electron chi connectivity index (χ2n) is 3.32. The zero-order valence-electron chi connectivity index (χ0n) is 9.45. The predicted octanol–water partition coefficient (Wildman–Crippen LogP) is -0.0106. The van der Waals surface area contributed by atoms with Crippen LogP contribution in [0.5, 0.6) is 5.88 Å². The zero-order valence-corrected chi connectivity index (χ0v) is 9.45. The molecule has 2 N–H and O–H groups in total. The highest BCUT2D eigenvalue weighted by Gasteiger charge is 2.05. The molecule has 0 bridgehead atoms. The Labute approximate surface area is 93.2 Å². The zero-order chi connectivity index (χ0) is 12.0. The topological polar surface area (TPSA) is 84.4 Å². The Morgan fingerprint density at radius 1 is 1.38 bits per heavy atom. The van der Waals surface area contributed by atoms with Crippen LogP contribution in [0.1, 0.15) is 11.4 Å². The molecule has 0 aliphatic carbocycles. The quantitative estimate of drug-likeness (QED) is 0.669. The van der Waals surface area contributed by atoms with Crippen LogP contribution in [-0.4, -0.2) is 42.0 Å². The van der Waals surface area contributed by atoms with Gasteiger partial charge in [-0.25, -0.2) is 0 Å². The molecule has 0 saturated carbocycles. The van der Waals surface area contributed by atoms with Crippen LogP contribution in [0.2, 0.25) is 0 Å². The van der Waals surface area contributed by atoms with Crippen LogP contribution >= 0.6 is 0 Å². The number of aromatic nitrogens is 2. The molecular formula is C10H16N2O4. The molecule has 0 radical (unpaired) electrons. The Hall–Kier alpha value is -1.40. The molecule has 0 aliphatic rings. The number of rotatable bonds is 6. The number of H-pyrrole nitrogens is 1. The number of aromatic amines is 1. The molecule has 0 unspecified atom stereocenters. The minimum Gasteiger partial charge on any atom is -0.493 e. The van der Waals surface area contributed by atoms with Crippen molar-refractivity contribution in [3.8, 4) is 5.88 Å². The number of aromatic hydroxyl groups is 1.